The predicted octanol–water partition coefficient (Wildman–Crippen LogP) is 3.78. The molecule has 1 aliphatic rings. The van der Waals surface area contributed by atoms with Crippen LogP contribution in [-0.4, -0.2) is 46.3 Å². The summed E-state index contributed by atoms with van der Waals surface area (Å²) in [5, 5.41) is 1.57. The van der Waals surface area contributed by atoms with E-state index in [-0.39, 0.29) is 5.57 Å². The van der Waals surface area contributed by atoms with E-state index < -0.39 is 17.8 Å². The first kappa shape index (κ1) is 19.0. The topological polar surface area (TPSA) is 62.6 Å². The van der Waals surface area contributed by atoms with Crippen LogP contribution in [-0.2, 0) is 16.1 Å². The van der Waals surface area contributed by atoms with Crippen LogP contribution in [0.15, 0.2) is 60.3 Å². The maximum atomic E-state index is 12.5. The van der Waals surface area contributed by atoms with Crippen molar-refractivity contribution in [3.63, 3.8) is 0 Å². The van der Waals surface area contributed by atoms with Gasteiger partial charge in [0.05, 0.1) is 0 Å². The molecule has 0 N–H and O–H groups in total. The summed E-state index contributed by atoms with van der Waals surface area (Å²) < 4.78 is 2.03. The Labute approximate surface area is 172 Å². The van der Waals surface area contributed by atoms with Gasteiger partial charge in [-0.25, -0.2) is 4.79 Å². The van der Waals surface area contributed by atoms with Crippen LogP contribution in [0.4, 0.5) is 4.79 Å². The number of urea groups is 1. The quantitative estimate of drug-likeness (QED) is 0.490. The highest BCUT2D eigenvalue weighted by Gasteiger charge is 2.37. The number of amides is 4. The fourth-order valence-electron chi connectivity index (χ4n) is 3.46. The Hall–Kier alpha value is -3.38. The first-order chi connectivity index (χ1) is 13.9. The van der Waals surface area contributed by atoms with Crippen molar-refractivity contribution in [1.82, 2.24) is 14.4 Å². The fourth-order valence-corrected chi connectivity index (χ4v) is 3.66. The van der Waals surface area contributed by atoms with E-state index in [4.69, 9.17) is 11.6 Å². The van der Waals surface area contributed by atoms with E-state index in [0.717, 1.165) is 31.8 Å². The molecule has 2 heterocycles. The van der Waals surface area contributed by atoms with Crippen molar-refractivity contribution >= 4 is 46.4 Å². The third-order valence-corrected chi connectivity index (χ3v) is 5.43. The summed E-state index contributed by atoms with van der Waals surface area (Å²) in [5.74, 6) is -1.22. The molecule has 0 aliphatic carbocycles. The molecule has 1 aromatic heterocycles. The molecule has 0 spiro atoms. The largest absolute Gasteiger partial charge is 0.342 e. The first-order valence-electron chi connectivity index (χ1n) is 9.01. The van der Waals surface area contributed by atoms with Crippen molar-refractivity contribution in [2.75, 3.05) is 14.1 Å². The molecule has 6 nitrogen and oxygen atoms in total. The Kier molecular flexibility index (Phi) is 4.72. The second-order valence-electron chi connectivity index (χ2n) is 6.89. The minimum absolute atomic E-state index is 0.0461. The Morgan fingerprint density at radius 1 is 0.897 bits per heavy atom. The van der Waals surface area contributed by atoms with E-state index in [9.17, 15) is 14.4 Å². The summed E-state index contributed by atoms with van der Waals surface area (Å²) in [5.41, 5.74) is 2.59. The van der Waals surface area contributed by atoms with E-state index in [0.29, 0.717) is 11.6 Å². The highest BCUT2D eigenvalue weighted by atomic mass is 35.5. The molecular weight excluding hydrogens is 390 g/mol. The lowest BCUT2D eigenvalue weighted by molar-refractivity contribution is -0.134. The van der Waals surface area contributed by atoms with Crippen LogP contribution >= 0.6 is 11.6 Å². The van der Waals surface area contributed by atoms with E-state index in [1.54, 1.807) is 6.08 Å². The molecule has 0 radical (unpaired) electrons. The third kappa shape index (κ3) is 3.21. The summed E-state index contributed by atoms with van der Waals surface area (Å²) in [6, 6.07) is 14.7. The number of halogens is 1. The van der Waals surface area contributed by atoms with Gasteiger partial charge >= 0.3 is 6.03 Å². The molecule has 29 heavy (non-hydrogen) atoms. The molecule has 2 aromatic carbocycles. The number of rotatable bonds is 3. The number of carbonyl (C=O) groups excluding carboxylic acids is 3. The summed E-state index contributed by atoms with van der Waals surface area (Å²) >= 11 is 6.31. The van der Waals surface area contributed by atoms with Crippen LogP contribution in [0, 0.1) is 0 Å². The number of benzene rings is 2. The lowest BCUT2D eigenvalue weighted by Gasteiger charge is -2.28. The number of carbonyl (C=O) groups is 3. The Bertz CT molecular complexity index is 1170. The Balaban J connectivity index is 1.82. The van der Waals surface area contributed by atoms with Gasteiger partial charge in [0.25, 0.3) is 11.8 Å². The standard InChI is InChI=1S/C22H18ClN3O3/c1-24-20(27)17(21(28)25(2)22(24)29)11-15-13-26(19-10-6-4-8-16(15)19)12-14-7-3-5-9-18(14)23/h3-11,13H,12H2,1-2H3. The molecule has 1 saturated heterocycles. The molecule has 146 valence electrons. The number of hydrogen-bond acceptors (Lipinski definition) is 3. The minimum Gasteiger partial charge on any atom is -0.342 e. The lowest BCUT2D eigenvalue weighted by atomic mass is 10.1. The van der Waals surface area contributed by atoms with E-state index in [1.165, 1.54) is 14.1 Å². The Morgan fingerprint density at radius 3 is 2.21 bits per heavy atom. The maximum Gasteiger partial charge on any atom is 0.333 e. The zero-order valence-corrected chi connectivity index (χ0v) is 16.7. The average Bonchev–Trinajstić information content (AvgIpc) is 3.07. The van der Waals surface area contributed by atoms with E-state index >= 15 is 0 Å². The molecule has 4 rings (SSSR count). The number of aromatic nitrogens is 1. The normalized spacial score (nSPS) is 14.9. The van der Waals surface area contributed by atoms with Crippen LogP contribution in [0.2, 0.25) is 5.02 Å². The number of barbiturate groups is 1. The number of fused-ring (bicyclic) bond motifs is 1. The number of likely N-dealkylation sites (N-methyl/N-ethyl adjacent to an activating group) is 2. The number of imide groups is 2. The van der Waals surface area contributed by atoms with Gasteiger partial charge in [-0.15, -0.1) is 0 Å². The van der Waals surface area contributed by atoms with Gasteiger partial charge in [0.2, 0.25) is 0 Å². The van der Waals surface area contributed by atoms with Crippen molar-refractivity contribution in [3.05, 3.63) is 76.5 Å². The van der Waals surface area contributed by atoms with Gasteiger partial charge in [-0.05, 0) is 23.8 Å². The predicted molar refractivity (Wildman–Crippen MR) is 111 cm³/mol. The van der Waals surface area contributed by atoms with Crippen LogP contribution < -0.4 is 0 Å². The third-order valence-electron chi connectivity index (χ3n) is 5.06. The van der Waals surface area contributed by atoms with Crippen LogP contribution in [0.1, 0.15) is 11.1 Å². The second kappa shape index (κ2) is 7.22. The van der Waals surface area contributed by atoms with Crippen molar-refractivity contribution in [3.8, 4) is 0 Å². The van der Waals surface area contributed by atoms with Crippen molar-refractivity contribution in [2.24, 2.45) is 0 Å². The van der Waals surface area contributed by atoms with Crippen LogP contribution in [0.25, 0.3) is 17.0 Å². The van der Waals surface area contributed by atoms with Gasteiger partial charge in [-0.3, -0.25) is 19.4 Å². The molecular formula is C22H18ClN3O3. The molecule has 1 aliphatic heterocycles. The van der Waals surface area contributed by atoms with Gasteiger partial charge in [-0.2, -0.15) is 0 Å². The second-order valence-corrected chi connectivity index (χ2v) is 7.30. The van der Waals surface area contributed by atoms with Crippen molar-refractivity contribution in [1.29, 1.82) is 0 Å². The van der Waals surface area contributed by atoms with Gasteiger partial charge < -0.3 is 4.57 Å². The molecule has 7 heteroatoms. The van der Waals surface area contributed by atoms with Crippen LogP contribution in [0.3, 0.4) is 0 Å². The van der Waals surface area contributed by atoms with Gasteiger partial charge in [0, 0.05) is 48.3 Å². The monoisotopic (exact) mass is 407 g/mol. The van der Waals surface area contributed by atoms with Crippen molar-refractivity contribution in [2.45, 2.75) is 6.54 Å². The van der Waals surface area contributed by atoms with E-state index in [1.807, 2.05) is 59.3 Å². The molecule has 0 saturated carbocycles. The molecule has 0 bridgehead atoms. The molecule has 3 aromatic rings. The van der Waals surface area contributed by atoms with Crippen LogP contribution in [0.5, 0.6) is 0 Å². The first-order valence-corrected chi connectivity index (χ1v) is 9.39. The van der Waals surface area contributed by atoms with Gasteiger partial charge in [0.1, 0.15) is 5.57 Å². The molecule has 0 atom stereocenters. The highest BCUT2D eigenvalue weighted by molar-refractivity contribution is 6.31. The zero-order chi connectivity index (χ0) is 20.7. The summed E-state index contributed by atoms with van der Waals surface area (Å²) in [6.07, 6.45) is 3.44. The number of nitrogens with zero attached hydrogens (tertiary/aromatic N) is 3. The Morgan fingerprint density at radius 2 is 1.52 bits per heavy atom. The average molecular weight is 408 g/mol. The smallest absolute Gasteiger partial charge is 0.333 e. The minimum atomic E-state index is -0.640. The molecule has 4 amide bonds. The number of hydrogen-bond donors (Lipinski definition) is 0. The SMILES string of the molecule is CN1C(=O)C(=Cc2cn(Cc3ccccc3Cl)c3ccccc23)C(=O)N(C)C1=O. The summed E-state index contributed by atoms with van der Waals surface area (Å²) in [6.45, 7) is 0.545. The summed E-state index contributed by atoms with van der Waals surface area (Å²) in [4.78, 5) is 38.9. The van der Waals surface area contributed by atoms with Gasteiger partial charge in [-0.1, -0.05) is 48.0 Å². The van der Waals surface area contributed by atoms with Crippen molar-refractivity contribution < 1.29 is 14.4 Å². The summed E-state index contributed by atoms with van der Waals surface area (Å²) in [7, 11) is 2.73. The van der Waals surface area contributed by atoms with E-state index in [2.05, 4.69) is 0 Å². The number of para-hydroxylation sites is 1. The maximum absolute atomic E-state index is 12.5. The molecule has 1 fully saturated rings. The highest BCUT2D eigenvalue weighted by Crippen LogP contribution is 2.27. The van der Waals surface area contributed by atoms with Gasteiger partial charge in [0.15, 0.2) is 0 Å². The molecule has 0 unspecified atom stereocenters. The lowest BCUT2D eigenvalue weighted by Crippen LogP contribution is -2.52. The fraction of sp³-hybridized carbons (Fsp3) is 0.136. The zero-order valence-electron chi connectivity index (χ0n) is 15.9.